The normalized spacial score (nSPS) is 11.4. The molecule has 16 heavy (non-hydrogen) atoms. The van der Waals surface area contributed by atoms with Gasteiger partial charge in [0.05, 0.1) is 12.5 Å². The van der Waals surface area contributed by atoms with Crippen molar-refractivity contribution in [2.24, 2.45) is 11.5 Å². The van der Waals surface area contributed by atoms with E-state index in [1.54, 1.807) is 0 Å². The van der Waals surface area contributed by atoms with Crippen LogP contribution in [-0.2, 0) is 9.59 Å². The maximum absolute atomic E-state index is 11.3. The number of carbonyl (C=O) groups is 2. The third-order valence-electron chi connectivity index (χ3n) is 1.94. The van der Waals surface area contributed by atoms with Gasteiger partial charge in [-0.2, -0.15) is 0 Å². The molecule has 0 aromatic carbocycles. The van der Waals surface area contributed by atoms with Gasteiger partial charge in [0.15, 0.2) is 0 Å². The number of amides is 1. The van der Waals surface area contributed by atoms with Gasteiger partial charge in [0.2, 0.25) is 5.91 Å². The Morgan fingerprint density at radius 3 is 2.50 bits per heavy atom. The van der Waals surface area contributed by atoms with E-state index < -0.39 is 12.0 Å². The van der Waals surface area contributed by atoms with Gasteiger partial charge in [-0.25, -0.2) is 0 Å². The quantitative estimate of drug-likeness (QED) is 0.262. The van der Waals surface area contributed by atoms with Gasteiger partial charge < -0.3 is 23.3 Å². The maximum Gasteiger partial charge on any atom is 1.00 e. The predicted molar refractivity (Wildman–Crippen MR) is 57.3 cm³/mol. The van der Waals surface area contributed by atoms with Crippen LogP contribution in [0, 0.1) is 0 Å². The molecule has 1 atom stereocenters. The van der Waals surface area contributed by atoms with Crippen molar-refractivity contribution < 1.29 is 67.5 Å². The first-order valence-electron chi connectivity index (χ1n) is 5.03. The molecule has 0 bridgehead atoms. The standard InChI is InChI=1S/C9H19N3O3.K.H/c10-5-2-1-3-7(11)9(15)12-6-4-8(13)14;;/h7H,1-6,10-11H2,(H,12,15)(H,13,14);;/q;+1;-1/t7-;;/m0../s1. The van der Waals surface area contributed by atoms with E-state index in [4.69, 9.17) is 16.6 Å². The molecule has 0 spiro atoms. The van der Waals surface area contributed by atoms with Crippen LogP contribution in [0.5, 0.6) is 0 Å². The Hall–Kier alpha value is 0.496. The van der Waals surface area contributed by atoms with Gasteiger partial charge in [0.25, 0.3) is 0 Å². The zero-order valence-electron chi connectivity index (χ0n) is 10.7. The van der Waals surface area contributed by atoms with Crippen LogP contribution in [0.3, 0.4) is 0 Å². The Kier molecular flexibility index (Phi) is 14.1. The van der Waals surface area contributed by atoms with Crippen molar-refractivity contribution in [3.05, 3.63) is 0 Å². The fourth-order valence-corrected chi connectivity index (χ4v) is 1.06. The number of unbranched alkanes of at least 4 members (excludes halogenated alkanes) is 1. The molecule has 0 fully saturated rings. The zero-order valence-corrected chi connectivity index (χ0v) is 12.9. The molecule has 0 aliphatic carbocycles. The molecule has 0 aliphatic heterocycles. The van der Waals surface area contributed by atoms with Gasteiger partial charge in [-0.1, -0.05) is 6.42 Å². The van der Waals surface area contributed by atoms with Gasteiger partial charge in [0, 0.05) is 6.54 Å². The Morgan fingerprint density at radius 2 is 2.00 bits per heavy atom. The van der Waals surface area contributed by atoms with Crippen molar-refractivity contribution in [3.63, 3.8) is 0 Å². The van der Waals surface area contributed by atoms with E-state index in [0.29, 0.717) is 13.0 Å². The van der Waals surface area contributed by atoms with Crippen LogP contribution in [0.4, 0.5) is 0 Å². The first-order chi connectivity index (χ1) is 7.07. The van der Waals surface area contributed by atoms with Gasteiger partial charge in [0.1, 0.15) is 0 Å². The predicted octanol–water partition coefficient (Wildman–Crippen LogP) is -3.85. The SMILES string of the molecule is NCCCC[C@H](N)C(=O)NCCC(=O)O.[H-].[K+]. The van der Waals surface area contributed by atoms with E-state index >= 15 is 0 Å². The smallest absolute Gasteiger partial charge is 1.00 e. The summed E-state index contributed by atoms with van der Waals surface area (Å²) >= 11 is 0. The second-order valence-corrected chi connectivity index (χ2v) is 3.33. The molecule has 0 aliphatic rings. The maximum atomic E-state index is 11.3. The van der Waals surface area contributed by atoms with Crippen LogP contribution in [0.1, 0.15) is 27.1 Å². The number of rotatable bonds is 8. The van der Waals surface area contributed by atoms with Crippen molar-refractivity contribution in [2.45, 2.75) is 31.7 Å². The summed E-state index contributed by atoms with van der Waals surface area (Å²) in [5.41, 5.74) is 10.9. The number of carboxylic acids is 1. The van der Waals surface area contributed by atoms with Crippen LogP contribution in [0.25, 0.3) is 0 Å². The summed E-state index contributed by atoms with van der Waals surface area (Å²) in [4.78, 5) is 21.4. The first-order valence-corrected chi connectivity index (χ1v) is 5.03. The number of carbonyl (C=O) groups excluding carboxylic acids is 1. The van der Waals surface area contributed by atoms with E-state index in [2.05, 4.69) is 5.32 Å². The fraction of sp³-hybridized carbons (Fsp3) is 0.778. The molecular formula is C9H20KN3O3. The summed E-state index contributed by atoms with van der Waals surface area (Å²) in [7, 11) is 0. The fourth-order valence-electron chi connectivity index (χ4n) is 1.06. The average Bonchev–Trinajstić information content (AvgIpc) is 2.17. The van der Waals surface area contributed by atoms with Crippen molar-refractivity contribution in [3.8, 4) is 0 Å². The van der Waals surface area contributed by atoms with Crippen molar-refractivity contribution >= 4 is 11.9 Å². The van der Waals surface area contributed by atoms with E-state index in [1.807, 2.05) is 0 Å². The summed E-state index contributed by atoms with van der Waals surface area (Å²) < 4.78 is 0. The molecule has 90 valence electrons. The van der Waals surface area contributed by atoms with Crippen molar-refractivity contribution in [1.82, 2.24) is 5.32 Å². The number of nitrogens with two attached hydrogens (primary N) is 2. The molecule has 0 rings (SSSR count). The molecule has 1 amide bonds. The van der Waals surface area contributed by atoms with Crippen LogP contribution in [-0.4, -0.2) is 36.1 Å². The molecule has 0 saturated carbocycles. The van der Waals surface area contributed by atoms with Crippen LogP contribution in [0.15, 0.2) is 0 Å². The number of carboxylic acid groups (broad SMARTS) is 1. The molecule has 7 heteroatoms. The number of hydrogen-bond acceptors (Lipinski definition) is 4. The minimum atomic E-state index is -0.938. The molecule has 0 aromatic rings. The molecule has 0 radical (unpaired) electrons. The second kappa shape index (κ2) is 12.0. The molecule has 0 heterocycles. The van der Waals surface area contributed by atoms with E-state index in [-0.39, 0.29) is 71.7 Å². The Morgan fingerprint density at radius 1 is 1.38 bits per heavy atom. The topological polar surface area (TPSA) is 118 Å². The Balaban J connectivity index is -0.000000980. The molecule has 6 N–H and O–H groups in total. The minimum Gasteiger partial charge on any atom is -1.00 e. The molecule has 0 saturated heterocycles. The summed E-state index contributed by atoms with van der Waals surface area (Å²) in [5, 5.41) is 10.8. The summed E-state index contributed by atoms with van der Waals surface area (Å²) in [6, 6.07) is -0.564. The summed E-state index contributed by atoms with van der Waals surface area (Å²) in [5.74, 6) is -1.24. The van der Waals surface area contributed by atoms with Gasteiger partial charge >= 0.3 is 57.4 Å². The van der Waals surface area contributed by atoms with E-state index in [9.17, 15) is 9.59 Å². The first kappa shape index (κ1) is 18.9. The van der Waals surface area contributed by atoms with E-state index in [0.717, 1.165) is 12.8 Å². The van der Waals surface area contributed by atoms with Crippen molar-refractivity contribution in [2.75, 3.05) is 13.1 Å². The van der Waals surface area contributed by atoms with Crippen LogP contribution < -0.4 is 68.2 Å². The Bertz CT molecular complexity index is 220. The van der Waals surface area contributed by atoms with Crippen molar-refractivity contribution in [1.29, 1.82) is 0 Å². The van der Waals surface area contributed by atoms with Gasteiger partial charge in [-0.05, 0) is 19.4 Å². The third kappa shape index (κ3) is 11.0. The monoisotopic (exact) mass is 257 g/mol. The number of nitrogens with one attached hydrogen (secondary N) is 1. The number of hydrogen-bond donors (Lipinski definition) is 4. The zero-order chi connectivity index (χ0) is 11.7. The van der Waals surface area contributed by atoms with Crippen LogP contribution in [0.2, 0.25) is 0 Å². The largest absolute Gasteiger partial charge is 1.00 e. The molecule has 6 nitrogen and oxygen atoms in total. The molecule has 0 unspecified atom stereocenters. The summed E-state index contributed by atoms with van der Waals surface area (Å²) in [6.07, 6.45) is 2.15. The minimum absolute atomic E-state index is 0. The van der Waals surface area contributed by atoms with Gasteiger partial charge in [-0.3, -0.25) is 9.59 Å². The Labute approximate surface area is 139 Å². The third-order valence-corrected chi connectivity index (χ3v) is 1.94. The van der Waals surface area contributed by atoms with Crippen LogP contribution >= 0.6 is 0 Å². The van der Waals surface area contributed by atoms with Gasteiger partial charge in [-0.15, -0.1) is 0 Å². The summed E-state index contributed by atoms with van der Waals surface area (Å²) in [6.45, 7) is 0.714. The molecule has 0 aromatic heterocycles. The number of aliphatic carboxylic acids is 1. The average molecular weight is 257 g/mol. The van der Waals surface area contributed by atoms with E-state index in [1.165, 1.54) is 0 Å². The molecular weight excluding hydrogens is 237 g/mol. The second-order valence-electron chi connectivity index (χ2n) is 3.33.